The van der Waals surface area contributed by atoms with Crippen LogP contribution in [0.1, 0.15) is 5.56 Å². The minimum Gasteiger partial charge on any atom is -0.383 e. The highest BCUT2D eigenvalue weighted by atomic mass is 35.5. The van der Waals surface area contributed by atoms with Crippen LogP contribution in [0.2, 0.25) is 5.02 Å². The normalized spacial score (nSPS) is 11.6. The highest BCUT2D eigenvalue weighted by Gasteiger charge is 2.34. The van der Waals surface area contributed by atoms with Gasteiger partial charge in [-0.05, 0) is 18.4 Å². The summed E-state index contributed by atoms with van der Waals surface area (Å²) >= 11 is 7.30. The fourth-order valence-corrected chi connectivity index (χ4v) is 1.77. The molecule has 1 rings (SSSR count). The zero-order chi connectivity index (χ0) is 12.2. The molecule has 0 radical (unpaired) electrons. The molecule has 1 aromatic rings. The molecule has 0 unspecified atom stereocenters. The topological polar surface area (TPSA) is 12.0 Å². The molecule has 0 saturated carbocycles. The van der Waals surface area contributed by atoms with Gasteiger partial charge in [-0.3, -0.25) is 0 Å². The second-order valence-corrected chi connectivity index (χ2v) is 4.47. The monoisotopic (exact) mass is 269 g/mol. The van der Waals surface area contributed by atoms with E-state index >= 15 is 0 Å². The first-order valence-corrected chi connectivity index (χ1v) is 6.32. The van der Waals surface area contributed by atoms with E-state index in [0.717, 1.165) is 11.8 Å². The molecule has 0 aliphatic heterocycles. The van der Waals surface area contributed by atoms with Gasteiger partial charge in [-0.15, -0.1) is 0 Å². The molecule has 0 spiro atoms. The molecule has 0 atom stereocenters. The number of rotatable bonds is 4. The van der Waals surface area contributed by atoms with Crippen LogP contribution in [0.3, 0.4) is 0 Å². The molecule has 1 nitrogen and oxygen atoms in total. The van der Waals surface area contributed by atoms with Gasteiger partial charge in [-0.25, -0.2) is 0 Å². The van der Waals surface area contributed by atoms with Gasteiger partial charge in [0.2, 0.25) is 0 Å². The molecule has 0 bridgehead atoms. The maximum Gasteiger partial charge on any atom is 0.418 e. The minimum absolute atomic E-state index is 0.0364. The third kappa shape index (κ3) is 3.49. The standard InChI is InChI=1S/C10H11ClF3NS/c1-16-6-5-15-9-7(10(12,13)14)3-2-4-8(9)11/h2-4,15H,5-6H2,1H3. The molecule has 0 heterocycles. The lowest BCUT2D eigenvalue weighted by molar-refractivity contribution is -0.136. The van der Waals surface area contributed by atoms with Gasteiger partial charge in [0.1, 0.15) is 0 Å². The van der Waals surface area contributed by atoms with Crippen molar-refractivity contribution in [3.8, 4) is 0 Å². The molecule has 0 saturated heterocycles. The van der Waals surface area contributed by atoms with Crippen LogP contribution in [0.4, 0.5) is 18.9 Å². The fourth-order valence-electron chi connectivity index (χ4n) is 1.22. The summed E-state index contributed by atoms with van der Waals surface area (Å²) in [6, 6.07) is 3.76. The van der Waals surface area contributed by atoms with E-state index < -0.39 is 11.7 Å². The van der Waals surface area contributed by atoms with Crippen LogP contribution < -0.4 is 5.32 Å². The Labute approximate surface area is 101 Å². The Morgan fingerprint density at radius 3 is 2.62 bits per heavy atom. The number of halogens is 4. The fraction of sp³-hybridized carbons (Fsp3) is 0.400. The van der Waals surface area contributed by atoms with E-state index in [1.54, 1.807) is 11.8 Å². The molecule has 1 aromatic carbocycles. The predicted molar refractivity (Wildman–Crippen MR) is 63.3 cm³/mol. The largest absolute Gasteiger partial charge is 0.418 e. The van der Waals surface area contributed by atoms with Gasteiger partial charge < -0.3 is 5.32 Å². The van der Waals surface area contributed by atoms with E-state index in [-0.39, 0.29) is 10.7 Å². The van der Waals surface area contributed by atoms with E-state index in [4.69, 9.17) is 11.6 Å². The summed E-state index contributed by atoms with van der Waals surface area (Å²) in [5, 5.41) is 2.81. The van der Waals surface area contributed by atoms with Crippen LogP contribution in [0.5, 0.6) is 0 Å². The van der Waals surface area contributed by atoms with Crippen molar-refractivity contribution in [2.24, 2.45) is 0 Å². The van der Waals surface area contributed by atoms with Crippen LogP contribution in [0, 0.1) is 0 Å². The number of nitrogens with one attached hydrogen (secondary N) is 1. The van der Waals surface area contributed by atoms with E-state index in [1.807, 2.05) is 6.26 Å². The summed E-state index contributed by atoms with van der Waals surface area (Å²) in [6.45, 7) is 0.452. The third-order valence-corrected chi connectivity index (χ3v) is 2.85. The van der Waals surface area contributed by atoms with Crippen LogP contribution in [-0.4, -0.2) is 18.6 Å². The van der Waals surface area contributed by atoms with Crippen LogP contribution in [0.25, 0.3) is 0 Å². The van der Waals surface area contributed by atoms with Crippen LogP contribution >= 0.6 is 23.4 Å². The number of alkyl halides is 3. The Kier molecular flexibility index (Phi) is 4.80. The third-order valence-electron chi connectivity index (χ3n) is 1.93. The van der Waals surface area contributed by atoms with Crippen molar-refractivity contribution in [1.82, 2.24) is 0 Å². The van der Waals surface area contributed by atoms with Gasteiger partial charge in [-0.1, -0.05) is 17.7 Å². The SMILES string of the molecule is CSCCNc1c(Cl)cccc1C(F)(F)F. The summed E-state index contributed by atoms with van der Waals surface area (Å²) < 4.78 is 37.9. The van der Waals surface area contributed by atoms with E-state index in [1.165, 1.54) is 12.1 Å². The Balaban J connectivity index is 2.95. The Morgan fingerprint density at radius 1 is 1.38 bits per heavy atom. The van der Waals surface area contributed by atoms with Crippen molar-refractivity contribution in [3.05, 3.63) is 28.8 Å². The first-order chi connectivity index (χ1) is 7.46. The first-order valence-electron chi connectivity index (χ1n) is 4.55. The van der Waals surface area contributed by atoms with E-state index in [9.17, 15) is 13.2 Å². The number of benzene rings is 1. The maximum absolute atomic E-state index is 12.6. The highest BCUT2D eigenvalue weighted by Crippen LogP contribution is 2.38. The van der Waals surface area contributed by atoms with Crippen LogP contribution in [0.15, 0.2) is 18.2 Å². The maximum atomic E-state index is 12.6. The van der Waals surface area contributed by atoms with Crippen LogP contribution in [-0.2, 0) is 6.18 Å². The Morgan fingerprint density at radius 2 is 2.06 bits per heavy atom. The molecule has 90 valence electrons. The van der Waals surface area contributed by atoms with Crippen molar-refractivity contribution < 1.29 is 13.2 Å². The quantitative estimate of drug-likeness (QED) is 0.825. The lowest BCUT2D eigenvalue weighted by Crippen LogP contribution is -2.13. The zero-order valence-corrected chi connectivity index (χ0v) is 10.1. The summed E-state index contributed by atoms with van der Waals surface area (Å²) in [6.07, 6.45) is -2.49. The highest BCUT2D eigenvalue weighted by molar-refractivity contribution is 7.98. The zero-order valence-electron chi connectivity index (χ0n) is 8.57. The molecule has 6 heteroatoms. The Hall–Kier alpha value is -0.550. The van der Waals surface area contributed by atoms with Crippen molar-refractivity contribution in [3.63, 3.8) is 0 Å². The van der Waals surface area contributed by atoms with Crippen molar-refractivity contribution in [1.29, 1.82) is 0 Å². The minimum atomic E-state index is -4.38. The smallest absolute Gasteiger partial charge is 0.383 e. The van der Waals surface area contributed by atoms with E-state index in [0.29, 0.717) is 6.54 Å². The lowest BCUT2D eigenvalue weighted by atomic mass is 10.1. The van der Waals surface area contributed by atoms with Crippen molar-refractivity contribution >= 4 is 29.1 Å². The summed E-state index contributed by atoms with van der Waals surface area (Å²) in [5.74, 6) is 0.725. The summed E-state index contributed by atoms with van der Waals surface area (Å²) in [7, 11) is 0. The van der Waals surface area contributed by atoms with Gasteiger partial charge in [0.15, 0.2) is 0 Å². The molecule has 0 aliphatic rings. The molecule has 16 heavy (non-hydrogen) atoms. The average Bonchev–Trinajstić information content (AvgIpc) is 2.19. The number of para-hydroxylation sites is 1. The number of hydrogen-bond donors (Lipinski definition) is 1. The van der Waals surface area contributed by atoms with Gasteiger partial charge in [-0.2, -0.15) is 24.9 Å². The van der Waals surface area contributed by atoms with Gasteiger partial charge in [0.05, 0.1) is 16.3 Å². The Bertz CT molecular complexity index is 354. The first kappa shape index (κ1) is 13.5. The molecule has 0 aromatic heterocycles. The van der Waals surface area contributed by atoms with Crippen molar-refractivity contribution in [2.45, 2.75) is 6.18 Å². The number of hydrogen-bond acceptors (Lipinski definition) is 2. The lowest BCUT2D eigenvalue weighted by Gasteiger charge is -2.15. The molecule has 0 amide bonds. The molecule has 1 N–H and O–H groups in total. The molecular weight excluding hydrogens is 259 g/mol. The summed E-state index contributed by atoms with van der Waals surface area (Å²) in [5.41, 5.74) is -0.758. The van der Waals surface area contributed by atoms with Gasteiger partial charge >= 0.3 is 6.18 Å². The van der Waals surface area contributed by atoms with E-state index in [2.05, 4.69) is 5.32 Å². The van der Waals surface area contributed by atoms with Gasteiger partial charge in [0.25, 0.3) is 0 Å². The number of thioether (sulfide) groups is 1. The second kappa shape index (κ2) is 5.68. The molecular formula is C10H11ClF3NS. The summed E-state index contributed by atoms with van der Waals surface area (Å²) in [4.78, 5) is 0. The molecule has 0 aliphatic carbocycles. The second-order valence-electron chi connectivity index (χ2n) is 3.08. The van der Waals surface area contributed by atoms with Crippen molar-refractivity contribution in [2.75, 3.05) is 23.9 Å². The van der Waals surface area contributed by atoms with Gasteiger partial charge in [0, 0.05) is 12.3 Å². The number of anilines is 1. The molecule has 0 fully saturated rings. The predicted octanol–water partition coefficient (Wildman–Crippen LogP) is 4.13. The average molecular weight is 270 g/mol.